The molecule has 6 aromatic carbocycles. The van der Waals surface area contributed by atoms with Crippen molar-refractivity contribution in [2.45, 2.75) is 98.7 Å². The molecular formula is C61H63BN6OPt. The van der Waals surface area contributed by atoms with E-state index in [1.54, 1.807) is 12.1 Å². The Morgan fingerprint density at radius 2 is 1.24 bits per heavy atom. The Labute approximate surface area is 439 Å². The normalized spacial score (nSPS) is 15.0. The Kier molecular flexibility index (Phi) is 9.39. The molecule has 70 heavy (non-hydrogen) atoms. The van der Waals surface area contributed by atoms with Gasteiger partial charge in [0.1, 0.15) is 0 Å². The summed E-state index contributed by atoms with van der Waals surface area (Å²) >= 11 is 2.21. The van der Waals surface area contributed by atoms with E-state index < -0.39 is 65.8 Å². The Bertz CT molecular complexity index is 3930. The zero-order valence-electron chi connectivity index (χ0n) is 51.6. The van der Waals surface area contributed by atoms with Gasteiger partial charge in [-0.1, -0.05) is 55.4 Å². The molecule has 0 saturated carbocycles. The van der Waals surface area contributed by atoms with Gasteiger partial charge in [-0.25, -0.2) is 0 Å². The van der Waals surface area contributed by atoms with E-state index in [1.807, 2.05) is 90.7 Å². The first kappa shape index (κ1) is 36.4. The molecule has 10 rings (SSSR count). The van der Waals surface area contributed by atoms with Crippen molar-refractivity contribution < 1.29 is 37.8 Å². The Morgan fingerprint density at radius 3 is 1.84 bits per heavy atom. The monoisotopic (exact) mass is 1110 g/mol. The van der Waals surface area contributed by atoms with Crippen LogP contribution in [-0.2, 0) is 35.6 Å². The van der Waals surface area contributed by atoms with Crippen molar-refractivity contribution in [1.29, 1.82) is 0 Å². The van der Waals surface area contributed by atoms with Crippen molar-refractivity contribution in [1.82, 2.24) is 23.8 Å². The standard InChI is InChI=1S/C61H63BN6O.Pt/c1-41(2)39-62-67(57-35-44(31-32-63-57)59(3,4)5)54-37-48(29-30-49(54)55-38-56(61(9,10)11)64-68(55)62)69-47-26-20-25-46(36-47)65-40-66(53-28-19-18-27-52(53)65)58-50(42-21-14-12-15-22-42)33-45(60(6,7)8)34-51(58)43-23-16-13-17-24-43;/h12-38,41H,39H2,1-11H3;/i12D,13D,14D,15D,16D,17D,21D,22D,23D,24D;. The third kappa shape index (κ3) is 8.85. The third-order valence-corrected chi connectivity index (χ3v) is 13.9. The molecule has 1 aliphatic rings. The van der Waals surface area contributed by atoms with E-state index in [0.717, 1.165) is 40.3 Å². The van der Waals surface area contributed by atoms with Crippen LogP contribution in [0.15, 0.2) is 164 Å². The summed E-state index contributed by atoms with van der Waals surface area (Å²) in [6, 6.07) is 26.5. The second-order valence-corrected chi connectivity index (χ2v) is 22.6. The second kappa shape index (κ2) is 18.0. The summed E-state index contributed by atoms with van der Waals surface area (Å²) in [6.07, 6.45) is 2.68. The van der Waals surface area contributed by atoms with Gasteiger partial charge >= 0.3 is 341 Å². The van der Waals surface area contributed by atoms with Crippen LogP contribution >= 0.6 is 0 Å². The predicted octanol–water partition coefficient (Wildman–Crippen LogP) is 15.9. The maximum atomic E-state index is 9.34. The van der Waals surface area contributed by atoms with Crippen LogP contribution in [0, 0.1) is 9.72 Å². The van der Waals surface area contributed by atoms with E-state index in [1.165, 1.54) is 0 Å². The molecule has 3 aromatic heterocycles. The van der Waals surface area contributed by atoms with Crippen molar-refractivity contribution in [2.75, 3.05) is 4.81 Å². The van der Waals surface area contributed by atoms with Crippen molar-refractivity contribution in [3.8, 4) is 56.4 Å². The molecule has 7 nitrogen and oxygen atoms in total. The van der Waals surface area contributed by atoms with Crippen LogP contribution in [0.2, 0.25) is 6.32 Å². The number of fused-ring (bicyclic) bond motifs is 4. The summed E-state index contributed by atoms with van der Waals surface area (Å²) < 4.78 is 103. The third-order valence-electron chi connectivity index (χ3n) is 12.9. The molecule has 0 saturated heterocycles. The molecule has 1 aliphatic heterocycles. The van der Waals surface area contributed by atoms with E-state index >= 15 is 0 Å². The van der Waals surface area contributed by atoms with E-state index in [4.69, 9.17) is 23.0 Å². The molecule has 0 N–H and O–H groups in total. The first-order valence-corrected chi connectivity index (χ1v) is 24.9. The molecule has 0 amide bonds. The average Bonchev–Trinajstić information content (AvgIpc) is 4.02. The molecule has 356 valence electrons. The molecule has 0 aliphatic carbocycles. The van der Waals surface area contributed by atoms with Gasteiger partial charge in [0, 0.05) is 11.6 Å². The van der Waals surface area contributed by atoms with Gasteiger partial charge in [0.2, 0.25) is 0 Å². The number of nitrogens with zero attached hydrogens (tertiary/aromatic N) is 6. The number of ether oxygens (including phenoxy) is 1. The number of benzene rings is 6. The van der Waals surface area contributed by atoms with Crippen molar-refractivity contribution in [3.05, 3.63) is 184 Å². The second-order valence-electron chi connectivity index (χ2n) is 21.6. The number of hydrogen-bond acceptors (Lipinski definition) is 4. The number of pyridine rings is 1. The van der Waals surface area contributed by atoms with Gasteiger partial charge in [0.25, 0.3) is 0 Å². The average molecular weight is 1110 g/mol. The van der Waals surface area contributed by atoms with E-state index in [9.17, 15) is 5.48 Å². The summed E-state index contributed by atoms with van der Waals surface area (Å²) in [4.78, 5) is 7.33. The Hall–Kier alpha value is -6.50. The molecule has 9 heteroatoms. The van der Waals surface area contributed by atoms with Gasteiger partial charge in [-0.2, -0.15) is 5.10 Å². The van der Waals surface area contributed by atoms with Crippen molar-refractivity contribution >= 4 is 29.5 Å². The van der Waals surface area contributed by atoms with Gasteiger partial charge in [0.05, 0.1) is 5.69 Å². The molecule has 0 fully saturated rings. The van der Waals surface area contributed by atoms with Crippen LogP contribution in [0.3, 0.4) is 0 Å². The Morgan fingerprint density at radius 1 is 0.629 bits per heavy atom. The number of anilines is 2. The van der Waals surface area contributed by atoms with E-state index in [-0.39, 0.29) is 45.8 Å². The molecule has 0 unspecified atom stereocenters. The minimum absolute atomic E-state index is 0.0996. The quantitative estimate of drug-likeness (QED) is 0.135. The van der Waals surface area contributed by atoms with Crippen molar-refractivity contribution in [2.24, 2.45) is 5.92 Å². The topological polar surface area (TPSA) is 53.0 Å². The molecule has 9 aromatic rings. The van der Waals surface area contributed by atoms with E-state index in [2.05, 4.69) is 114 Å². The van der Waals surface area contributed by atoms with Gasteiger partial charge in [-0.05, 0) is 23.0 Å². The molecular weight excluding hydrogens is 1040 g/mol. The van der Waals surface area contributed by atoms with Gasteiger partial charge in [-0.3, -0.25) is 0 Å². The molecule has 0 atom stereocenters. The number of para-hydroxylation sites is 2. The van der Waals surface area contributed by atoms with Gasteiger partial charge < -0.3 is 0 Å². The summed E-state index contributed by atoms with van der Waals surface area (Å²) in [5.74, 6) is 2.26. The molecule has 0 spiro atoms. The van der Waals surface area contributed by atoms with Crippen LogP contribution in [0.1, 0.15) is 107 Å². The molecule has 4 heterocycles. The number of hydrogen-bond donors (Lipinski definition) is 0. The van der Waals surface area contributed by atoms with Gasteiger partial charge in [-0.15, -0.1) is 0 Å². The predicted molar refractivity (Wildman–Crippen MR) is 288 cm³/mol. The fraction of sp³-hybridized carbons (Fsp3) is 0.262. The van der Waals surface area contributed by atoms with Crippen LogP contribution in [0.5, 0.6) is 11.5 Å². The van der Waals surface area contributed by atoms with Crippen LogP contribution in [0.4, 0.5) is 11.5 Å². The number of aromatic nitrogens is 5. The number of rotatable bonds is 9. The maximum absolute atomic E-state index is 9.34. The summed E-state index contributed by atoms with van der Waals surface area (Å²) in [7, 11) is 0. The number of imidazole rings is 1. The SMILES string of the molecule is [2H]c1c([2H])c([2H])c(-c2cc(C(C)(C)C)cc(-c3c([2H])c([2H])c([2H])c([2H])c3[2H])c2-n2[c](=[Pt])n(-c3cccc(Oc4ccc5c(c4)N(c4cc(C(C)(C)C)ccn4)B(CC(C)C)n4nc(C(C)(C)C)cc4-5)c3)c3ccccc32)c([2H])c1[2H]. The van der Waals surface area contributed by atoms with Crippen LogP contribution in [-0.4, -0.2) is 30.8 Å². The van der Waals surface area contributed by atoms with E-state index in [0.29, 0.717) is 43.5 Å². The molecule has 0 radical (unpaired) electrons. The summed E-state index contributed by atoms with van der Waals surface area (Å²) in [5, 5.41) is 5.30. The first-order chi connectivity index (χ1) is 37.5. The first-order valence-electron chi connectivity index (χ1n) is 28.8. The minimum atomic E-state index is -0.631. The Balaban J connectivity index is 1.19. The summed E-state index contributed by atoms with van der Waals surface area (Å²) in [6.45, 7) is 23.3. The van der Waals surface area contributed by atoms with Crippen LogP contribution in [0.25, 0.3) is 55.9 Å². The zero-order valence-corrected chi connectivity index (χ0v) is 43.9. The zero-order chi connectivity index (χ0) is 58.0. The fourth-order valence-electron chi connectivity index (χ4n) is 9.22. The van der Waals surface area contributed by atoms with Crippen molar-refractivity contribution in [3.63, 3.8) is 0 Å². The fourth-order valence-corrected chi connectivity index (χ4v) is 10.3. The van der Waals surface area contributed by atoms with Gasteiger partial charge in [0.15, 0.2) is 0 Å². The summed E-state index contributed by atoms with van der Waals surface area (Å²) in [5.41, 5.74) is 7.31. The van der Waals surface area contributed by atoms with Crippen LogP contribution < -0.4 is 9.55 Å². The molecule has 0 bridgehead atoms.